The minimum atomic E-state index is -4.96. The van der Waals surface area contributed by atoms with Crippen LogP contribution in [0.25, 0.3) is 0 Å². The predicted molar refractivity (Wildman–Crippen MR) is 316 cm³/mol. The van der Waals surface area contributed by atoms with Crippen LogP contribution in [0.4, 0.5) is 52.4 Å². The molecule has 0 bridgehead atoms. The number of rotatable bonds is 19. The lowest BCUT2D eigenvalue weighted by molar-refractivity contribution is -0.139. The van der Waals surface area contributed by atoms with Gasteiger partial charge in [-0.1, -0.05) is 25.4 Å². The van der Waals surface area contributed by atoms with Crippen LogP contribution < -0.4 is 24.8 Å². The SMILES string of the molecule is C1COCCN1.COCC(COC)N(C(=O)C1CCC(C)CC1)c1cc(F)c(O)cc1C(=O)OC.COCC(COC)N(C(=O)C1CCC(C)CC1)c1cc(F)c(Oc2nc(N3CCOCC3)ncc2C(F)(F)F)cc1C(=O)O.FC(F)(F)c1cnc(Cl)nc1Cl. The fourth-order valence-corrected chi connectivity index (χ4v) is 10.7. The molecule has 506 valence electrons. The molecule has 91 heavy (non-hydrogen) atoms. The zero-order valence-corrected chi connectivity index (χ0v) is 52.8. The number of phenols is 1. The van der Waals surface area contributed by atoms with Gasteiger partial charge in [0.05, 0.1) is 94.6 Å². The highest BCUT2D eigenvalue weighted by Crippen LogP contribution is 2.42. The van der Waals surface area contributed by atoms with Crippen molar-refractivity contribution in [3.05, 3.63) is 81.0 Å². The van der Waals surface area contributed by atoms with Gasteiger partial charge < -0.3 is 68.1 Å². The van der Waals surface area contributed by atoms with Gasteiger partial charge >= 0.3 is 24.3 Å². The molecule has 3 N–H and O–H groups in total. The number of amides is 2. The molecule has 8 rings (SSSR count). The summed E-state index contributed by atoms with van der Waals surface area (Å²) in [5.74, 6) is -7.42. The molecule has 22 nitrogen and oxygen atoms in total. The van der Waals surface area contributed by atoms with Crippen LogP contribution >= 0.6 is 23.2 Å². The van der Waals surface area contributed by atoms with Gasteiger partial charge in [0, 0.05) is 97.0 Å². The van der Waals surface area contributed by atoms with E-state index < -0.39 is 99.1 Å². The maximum Gasteiger partial charge on any atom is 0.423 e. The number of carboxylic acids is 1. The second-order valence-electron chi connectivity index (χ2n) is 21.7. The average Bonchev–Trinajstić information content (AvgIpc) is 0.961. The molecular formula is C59H76Cl2F8N8O14. The molecule has 2 saturated heterocycles. The summed E-state index contributed by atoms with van der Waals surface area (Å²) in [7, 11) is 6.96. The number of aromatic carboxylic acids is 1. The van der Waals surface area contributed by atoms with E-state index >= 15 is 4.39 Å². The first-order valence-corrected chi connectivity index (χ1v) is 29.7. The van der Waals surface area contributed by atoms with E-state index in [2.05, 4.69) is 39.1 Å². The maximum absolute atomic E-state index is 15.7. The number of anilines is 3. The predicted octanol–water partition coefficient (Wildman–Crippen LogP) is 10.3. The topological polar surface area (TPSA) is 256 Å². The number of nitrogens with zero attached hydrogens (tertiary/aromatic N) is 7. The number of carboxylic acid groups (broad SMARTS) is 1. The van der Waals surface area contributed by atoms with E-state index in [1.165, 1.54) is 45.3 Å². The van der Waals surface area contributed by atoms with Crippen LogP contribution in [0.3, 0.4) is 0 Å². The molecule has 2 aliphatic heterocycles. The molecule has 0 radical (unpaired) electrons. The van der Waals surface area contributed by atoms with Crippen LogP contribution in [0.2, 0.25) is 10.4 Å². The molecule has 2 amide bonds. The van der Waals surface area contributed by atoms with Crippen molar-refractivity contribution in [1.82, 2.24) is 25.3 Å². The number of alkyl halides is 6. The molecule has 2 aliphatic carbocycles. The molecule has 4 heterocycles. The number of hydrogen-bond acceptors (Lipinski definition) is 19. The summed E-state index contributed by atoms with van der Waals surface area (Å²) in [6.07, 6.45) is -2.42. The van der Waals surface area contributed by atoms with Gasteiger partial charge in [0.15, 0.2) is 23.1 Å². The van der Waals surface area contributed by atoms with E-state index in [0.717, 1.165) is 89.1 Å². The molecule has 4 aromatic rings. The van der Waals surface area contributed by atoms with Gasteiger partial charge in [0.25, 0.3) is 0 Å². The Balaban J connectivity index is 0.000000270. The number of carbonyl (C=O) groups is 4. The molecule has 0 unspecified atom stereocenters. The van der Waals surface area contributed by atoms with E-state index in [4.69, 9.17) is 61.1 Å². The van der Waals surface area contributed by atoms with Crippen molar-refractivity contribution in [2.45, 2.75) is 89.7 Å². The van der Waals surface area contributed by atoms with Gasteiger partial charge in [-0.15, -0.1) is 0 Å². The van der Waals surface area contributed by atoms with Gasteiger partial charge in [-0.3, -0.25) is 9.59 Å². The zero-order valence-electron chi connectivity index (χ0n) is 51.3. The third kappa shape index (κ3) is 21.9. The van der Waals surface area contributed by atoms with Crippen molar-refractivity contribution < 1.29 is 102 Å². The molecule has 2 saturated carbocycles. The Bertz CT molecular complexity index is 2990. The Morgan fingerprint density at radius 1 is 0.659 bits per heavy atom. The Kier molecular flexibility index (Phi) is 29.9. The molecule has 4 fully saturated rings. The molecule has 2 aromatic heterocycles. The van der Waals surface area contributed by atoms with Crippen molar-refractivity contribution in [3.8, 4) is 17.4 Å². The Morgan fingerprint density at radius 3 is 1.54 bits per heavy atom. The summed E-state index contributed by atoms with van der Waals surface area (Å²) >= 11 is 10.4. The number of morpholine rings is 2. The first-order valence-electron chi connectivity index (χ1n) is 29.0. The number of methoxy groups -OCH3 is 5. The largest absolute Gasteiger partial charge is 0.505 e. The summed E-state index contributed by atoms with van der Waals surface area (Å²) in [6.45, 7) is 9.46. The van der Waals surface area contributed by atoms with Gasteiger partial charge in [-0.2, -0.15) is 31.3 Å². The smallest absolute Gasteiger partial charge is 0.423 e. The highest BCUT2D eigenvalue weighted by Gasteiger charge is 2.41. The minimum absolute atomic E-state index is 0.0369. The first kappa shape index (κ1) is 75.3. The van der Waals surface area contributed by atoms with Crippen LogP contribution in [0, 0.1) is 35.3 Å². The van der Waals surface area contributed by atoms with Crippen molar-refractivity contribution in [2.24, 2.45) is 23.7 Å². The van der Waals surface area contributed by atoms with Crippen LogP contribution in [0.15, 0.2) is 36.7 Å². The standard InChI is InChI=1S/C29H36F4N4O7.C21H30FNO6.C5HCl2F3N2.C4H9NO/c1-17-4-6-18(7-5-17)26(38)37(19(15-41-2)16-42-3)23-13-22(30)24(12-20(23)27(39)40)44-25-21(29(31,32)33)14-34-28(35-25)36-8-10-43-11-9-36;1-13-5-7-14(8-6-13)20(25)23(15(11-27-2)12-28-3)18-10-17(22)19(24)9-16(18)21(26)29-4;6-3-2(5(8,9)10)1-11-4(7)12-3;1-3-6-4-2-5-1/h12-14,17-19H,4-11,15-16H2,1-3H3,(H,39,40);9-10,13-15,24H,5-8,11-12H2,1-4H3;1H;5H,1-4H2. The molecular weight excluding hydrogens is 1270 g/mol. The minimum Gasteiger partial charge on any atom is -0.505 e. The Labute approximate surface area is 531 Å². The van der Waals surface area contributed by atoms with Crippen LogP contribution in [0.1, 0.15) is 97.1 Å². The molecule has 4 aliphatic rings. The van der Waals surface area contributed by atoms with E-state index in [1.54, 1.807) is 4.90 Å². The lowest BCUT2D eigenvalue weighted by atomic mass is 9.82. The van der Waals surface area contributed by atoms with Gasteiger partial charge in [0.1, 0.15) is 16.3 Å². The highest BCUT2D eigenvalue weighted by atomic mass is 35.5. The number of benzene rings is 2. The summed E-state index contributed by atoms with van der Waals surface area (Å²) in [6, 6.07) is 2.10. The summed E-state index contributed by atoms with van der Waals surface area (Å²) in [5.41, 5.74) is -3.38. The van der Waals surface area contributed by atoms with E-state index in [9.17, 15) is 60.1 Å². The Morgan fingerprint density at radius 2 is 1.12 bits per heavy atom. The number of aromatic hydroxyl groups is 1. The number of carbonyl (C=O) groups excluding carboxylic acids is 3. The zero-order chi connectivity index (χ0) is 67.2. The number of halogens is 10. The second kappa shape index (κ2) is 36.2. The third-order valence-corrected chi connectivity index (χ3v) is 15.5. The number of esters is 1. The third-order valence-electron chi connectivity index (χ3n) is 15.1. The maximum atomic E-state index is 15.7. The number of nitrogens with one attached hydrogen (secondary N) is 1. The summed E-state index contributed by atoms with van der Waals surface area (Å²) in [4.78, 5) is 70.4. The fourth-order valence-electron chi connectivity index (χ4n) is 10.3. The number of hydrogen-bond donors (Lipinski definition) is 3. The monoisotopic (exact) mass is 1340 g/mol. The molecule has 0 spiro atoms. The van der Waals surface area contributed by atoms with Gasteiger partial charge in [0.2, 0.25) is 28.9 Å². The fraction of sp³-hybridized carbons (Fsp3) is 0.593. The van der Waals surface area contributed by atoms with Gasteiger partial charge in [-0.25, -0.2) is 33.3 Å². The quantitative estimate of drug-likeness (QED) is 0.0341. The number of phenolic OH excluding ortho intramolecular Hbond substituents is 1. The second-order valence-corrected chi connectivity index (χ2v) is 22.4. The van der Waals surface area contributed by atoms with Crippen molar-refractivity contribution in [1.29, 1.82) is 0 Å². The summed E-state index contributed by atoms with van der Waals surface area (Å²) in [5, 5.41) is 22.1. The lowest BCUT2D eigenvalue weighted by Gasteiger charge is -2.36. The lowest BCUT2D eigenvalue weighted by Crippen LogP contribution is -2.49. The van der Waals surface area contributed by atoms with E-state index in [1.807, 2.05) is 0 Å². The van der Waals surface area contributed by atoms with Crippen LogP contribution in [-0.4, -0.2) is 181 Å². The number of aromatic nitrogens is 4. The van der Waals surface area contributed by atoms with Crippen LogP contribution in [0.5, 0.6) is 17.4 Å². The average molecular weight is 1340 g/mol. The molecule has 32 heteroatoms. The first-order chi connectivity index (χ1) is 43.2. The Hall–Kier alpha value is -6.38. The highest BCUT2D eigenvalue weighted by molar-refractivity contribution is 6.32. The van der Waals surface area contributed by atoms with E-state index in [-0.39, 0.29) is 66.4 Å². The van der Waals surface area contributed by atoms with Crippen molar-refractivity contribution in [2.75, 3.05) is 129 Å². The molecule has 2 aromatic carbocycles. The molecule has 0 atom stereocenters. The van der Waals surface area contributed by atoms with Crippen LogP contribution in [-0.2, 0) is 55.1 Å². The van der Waals surface area contributed by atoms with Crippen molar-refractivity contribution in [3.63, 3.8) is 0 Å². The normalized spacial score (nSPS) is 18.6. The summed E-state index contributed by atoms with van der Waals surface area (Å²) < 4.78 is 149. The van der Waals surface area contributed by atoms with Gasteiger partial charge in [-0.05, 0) is 80.9 Å². The number of ether oxygens (including phenoxy) is 8. The van der Waals surface area contributed by atoms with E-state index in [0.29, 0.717) is 63.4 Å². The van der Waals surface area contributed by atoms with Crippen molar-refractivity contribution >= 4 is 64.3 Å².